The van der Waals surface area contributed by atoms with Crippen LogP contribution in [0.4, 0.5) is 0 Å². The third-order valence-electron chi connectivity index (χ3n) is 6.56. The number of aliphatic hydroxyl groups excluding tert-OH is 1. The maximum atomic E-state index is 9.45. The highest BCUT2D eigenvalue weighted by Crippen LogP contribution is 2.49. The van der Waals surface area contributed by atoms with Crippen LogP contribution < -0.4 is 0 Å². The van der Waals surface area contributed by atoms with E-state index in [1.807, 2.05) is 0 Å². The molecule has 1 heterocycles. The lowest BCUT2D eigenvalue weighted by Gasteiger charge is -2.55. The third kappa shape index (κ3) is 2.15. The molecule has 1 saturated carbocycles. The fourth-order valence-electron chi connectivity index (χ4n) is 4.71. The van der Waals surface area contributed by atoms with E-state index in [-0.39, 0.29) is 6.61 Å². The van der Waals surface area contributed by atoms with E-state index < -0.39 is 0 Å². The van der Waals surface area contributed by atoms with Gasteiger partial charge in [-0.15, -0.1) is 0 Å². The highest BCUT2D eigenvalue weighted by atomic mass is 16.3. The summed E-state index contributed by atoms with van der Waals surface area (Å²) in [6, 6.07) is 7.38. The molecule has 1 N–H and O–H groups in total. The van der Waals surface area contributed by atoms with Crippen LogP contribution in [0, 0.1) is 11.8 Å². The van der Waals surface area contributed by atoms with Crippen LogP contribution in [0.2, 0.25) is 0 Å². The first-order chi connectivity index (χ1) is 10.1. The molecule has 1 unspecified atom stereocenters. The molecule has 0 amide bonds. The van der Waals surface area contributed by atoms with Crippen molar-refractivity contribution in [3.63, 3.8) is 0 Å². The van der Waals surface area contributed by atoms with Crippen LogP contribution in [-0.2, 0) is 18.4 Å². The molecule has 1 aromatic rings. The van der Waals surface area contributed by atoms with E-state index in [0.717, 1.165) is 17.5 Å². The zero-order valence-corrected chi connectivity index (χ0v) is 13.3. The normalized spacial score (nSPS) is 35.6. The topological polar surface area (TPSA) is 23.5 Å². The summed E-state index contributed by atoms with van der Waals surface area (Å²) in [5.41, 5.74) is 4.41. The maximum absolute atomic E-state index is 9.45. The van der Waals surface area contributed by atoms with Gasteiger partial charge in [0.15, 0.2) is 0 Å². The van der Waals surface area contributed by atoms with Gasteiger partial charge in [0, 0.05) is 12.6 Å². The number of benzene rings is 1. The summed E-state index contributed by atoms with van der Waals surface area (Å²) in [5, 5.41) is 9.45. The molecule has 1 aromatic carbocycles. The molecule has 2 fully saturated rings. The standard InChI is InChI=1S/C19H27NO/c1-13-18-10-16-6-5-15(12-21)9-17(16)19(13,2)7-8-20(18)11-14-3-4-14/h5-6,9,13-14,18,21H,3-4,7-8,10-12H2,1-2H3/t13-,18?,19-/m0/s1. The van der Waals surface area contributed by atoms with Gasteiger partial charge >= 0.3 is 0 Å². The fraction of sp³-hybridized carbons (Fsp3) is 0.684. The average molecular weight is 285 g/mol. The summed E-state index contributed by atoms with van der Waals surface area (Å²) in [7, 11) is 0. The zero-order chi connectivity index (χ0) is 14.6. The van der Waals surface area contributed by atoms with E-state index in [2.05, 4.69) is 36.9 Å². The van der Waals surface area contributed by atoms with Gasteiger partial charge in [-0.3, -0.25) is 4.90 Å². The predicted molar refractivity (Wildman–Crippen MR) is 85.3 cm³/mol. The van der Waals surface area contributed by atoms with E-state index in [1.165, 1.54) is 49.9 Å². The van der Waals surface area contributed by atoms with E-state index in [4.69, 9.17) is 0 Å². The number of hydrogen-bond acceptors (Lipinski definition) is 2. The highest BCUT2D eigenvalue weighted by Gasteiger charge is 2.48. The fourth-order valence-corrected chi connectivity index (χ4v) is 4.71. The van der Waals surface area contributed by atoms with Gasteiger partial charge in [-0.1, -0.05) is 32.0 Å². The molecule has 2 heteroatoms. The average Bonchev–Trinajstić information content (AvgIpc) is 3.30. The molecule has 0 radical (unpaired) electrons. The number of rotatable bonds is 3. The molecule has 0 aromatic heterocycles. The lowest BCUT2D eigenvalue weighted by Crippen LogP contribution is -2.58. The smallest absolute Gasteiger partial charge is 0.0681 e. The van der Waals surface area contributed by atoms with Crippen LogP contribution in [-0.4, -0.2) is 29.1 Å². The Balaban J connectivity index is 1.70. The largest absolute Gasteiger partial charge is 0.392 e. The van der Waals surface area contributed by atoms with Gasteiger partial charge in [-0.2, -0.15) is 0 Å². The highest BCUT2D eigenvalue weighted by molar-refractivity contribution is 5.42. The van der Waals surface area contributed by atoms with Crippen molar-refractivity contribution in [2.24, 2.45) is 11.8 Å². The number of piperidine rings is 1. The molecule has 2 aliphatic carbocycles. The van der Waals surface area contributed by atoms with Crippen molar-refractivity contribution in [3.8, 4) is 0 Å². The third-order valence-corrected chi connectivity index (χ3v) is 6.56. The predicted octanol–water partition coefficient (Wildman–Crippen LogP) is 3.11. The Morgan fingerprint density at radius 1 is 1.33 bits per heavy atom. The minimum Gasteiger partial charge on any atom is -0.392 e. The van der Waals surface area contributed by atoms with Crippen LogP contribution in [0.1, 0.15) is 49.8 Å². The quantitative estimate of drug-likeness (QED) is 0.922. The lowest BCUT2D eigenvalue weighted by molar-refractivity contribution is 0.0283. The summed E-state index contributed by atoms with van der Waals surface area (Å²) >= 11 is 0. The van der Waals surface area contributed by atoms with E-state index in [1.54, 1.807) is 0 Å². The molecular formula is C19H27NO. The zero-order valence-electron chi connectivity index (χ0n) is 13.3. The van der Waals surface area contributed by atoms with Gasteiger partial charge in [-0.25, -0.2) is 0 Å². The van der Waals surface area contributed by atoms with Crippen LogP contribution in [0.5, 0.6) is 0 Å². The van der Waals surface area contributed by atoms with Crippen LogP contribution in [0.15, 0.2) is 18.2 Å². The van der Waals surface area contributed by atoms with Crippen molar-refractivity contribution in [1.82, 2.24) is 4.90 Å². The van der Waals surface area contributed by atoms with Crippen LogP contribution >= 0.6 is 0 Å². The van der Waals surface area contributed by atoms with E-state index in [9.17, 15) is 5.11 Å². The first-order valence-electron chi connectivity index (χ1n) is 8.59. The SMILES string of the molecule is C[C@H]1C2Cc3ccc(CO)cc3[C@@]1(C)CCN2CC1CC1. The lowest BCUT2D eigenvalue weighted by atomic mass is 9.59. The van der Waals surface area contributed by atoms with Crippen molar-refractivity contribution >= 4 is 0 Å². The summed E-state index contributed by atoms with van der Waals surface area (Å²) in [6.45, 7) is 7.66. The number of hydrogen-bond donors (Lipinski definition) is 1. The van der Waals surface area contributed by atoms with Gasteiger partial charge in [0.05, 0.1) is 6.61 Å². The Kier molecular flexibility index (Phi) is 3.16. The first kappa shape index (κ1) is 13.8. The number of nitrogens with zero attached hydrogens (tertiary/aromatic N) is 1. The minimum absolute atomic E-state index is 0.162. The minimum atomic E-state index is 0.162. The van der Waals surface area contributed by atoms with Crippen molar-refractivity contribution in [1.29, 1.82) is 0 Å². The molecule has 2 bridgehead atoms. The van der Waals surface area contributed by atoms with Crippen molar-refractivity contribution in [2.75, 3.05) is 13.1 Å². The maximum Gasteiger partial charge on any atom is 0.0681 e. The second-order valence-electron chi connectivity index (χ2n) is 7.82. The molecule has 3 atom stereocenters. The van der Waals surface area contributed by atoms with Crippen molar-refractivity contribution in [2.45, 2.75) is 57.6 Å². The summed E-state index contributed by atoms with van der Waals surface area (Å²) in [4.78, 5) is 2.78. The Bertz CT molecular complexity index is 550. The van der Waals surface area contributed by atoms with E-state index in [0.29, 0.717) is 11.3 Å². The van der Waals surface area contributed by atoms with Gasteiger partial charge in [-0.05, 0) is 66.2 Å². The first-order valence-corrected chi connectivity index (χ1v) is 8.59. The van der Waals surface area contributed by atoms with Gasteiger partial charge in [0.2, 0.25) is 0 Å². The Morgan fingerprint density at radius 3 is 2.86 bits per heavy atom. The van der Waals surface area contributed by atoms with Crippen molar-refractivity contribution in [3.05, 3.63) is 34.9 Å². The molecule has 4 rings (SSSR count). The summed E-state index contributed by atoms with van der Waals surface area (Å²) in [5.74, 6) is 1.70. The number of aliphatic hydroxyl groups is 1. The second kappa shape index (κ2) is 4.82. The number of likely N-dealkylation sites (tertiary alicyclic amines) is 1. The van der Waals surface area contributed by atoms with Gasteiger partial charge < -0.3 is 5.11 Å². The van der Waals surface area contributed by atoms with E-state index >= 15 is 0 Å². The summed E-state index contributed by atoms with van der Waals surface area (Å²) in [6.07, 6.45) is 5.36. The molecular weight excluding hydrogens is 258 g/mol. The molecule has 1 saturated heterocycles. The van der Waals surface area contributed by atoms with Crippen molar-refractivity contribution < 1.29 is 5.11 Å². The molecule has 114 valence electrons. The second-order valence-corrected chi connectivity index (χ2v) is 7.82. The van der Waals surface area contributed by atoms with Gasteiger partial charge in [0.1, 0.15) is 0 Å². The molecule has 2 nitrogen and oxygen atoms in total. The van der Waals surface area contributed by atoms with Crippen LogP contribution in [0.25, 0.3) is 0 Å². The number of fused-ring (bicyclic) bond motifs is 4. The Morgan fingerprint density at radius 2 is 2.14 bits per heavy atom. The molecule has 1 aliphatic heterocycles. The molecule has 0 spiro atoms. The van der Waals surface area contributed by atoms with Crippen LogP contribution in [0.3, 0.4) is 0 Å². The molecule has 21 heavy (non-hydrogen) atoms. The van der Waals surface area contributed by atoms with Gasteiger partial charge in [0.25, 0.3) is 0 Å². The monoisotopic (exact) mass is 285 g/mol. The molecule has 3 aliphatic rings. The Hall–Kier alpha value is -0.860. The Labute approximate surface area is 128 Å². The summed E-state index contributed by atoms with van der Waals surface area (Å²) < 4.78 is 0.